The van der Waals surface area contributed by atoms with Crippen molar-refractivity contribution in [1.82, 2.24) is 25.1 Å². The number of aromatic nitrogens is 4. The van der Waals surface area contributed by atoms with Crippen LogP contribution in [0.5, 0.6) is 0 Å². The zero-order chi connectivity index (χ0) is 15.0. The van der Waals surface area contributed by atoms with Crippen LogP contribution in [0.1, 0.15) is 56.5 Å². The molecule has 1 saturated carbocycles. The first kappa shape index (κ1) is 14.2. The zero-order valence-electron chi connectivity index (χ0n) is 13.2. The molecular formula is C16H23N5. The highest BCUT2D eigenvalue weighted by Crippen LogP contribution is 2.38. The van der Waals surface area contributed by atoms with E-state index in [9.17, 15) is 0 Å². The highest BCUT2D eigenvalue weighted by Gasteiger charge is 2.26. The van der Waals surface area contributed by atoms with Crippen molar-refractivity contribution in [2.75, 3.05) is 0 Å². The van der Waals surface area contributed by atoms with Crippen LogP contribution in [0.2, 0.25) is 0 Å². The summed E-state index contributed by atoms with van der Waals surface area (Å²) in [5.41, 5.74) is 3.38. The van der Waals surface area contributed by atoms with Crippen molar-refractivity contribution < 1.29 is 0 Å². The van der Waals surface area contributed by atoms with Crippen LogP contribution in [0.15, 0.2) is 18.5 Å². The van der Waals surface area contributed by atoms with E-state index in [1.54, 1.807) is 4.68 Å². The van der Waals surface area contributed by atoms with Gasteiger partial charge in [-0.3, -0.25) is 0 Å². The minimum atomic E-state index is 0.0895. The fourth-order valence-corrected chi connectivity index (χ4v) is 2.17. The molecular weight excluding hydrogens is 262 g/mol. The molecule has 5 heteroatoms. The van der Waals surface area contributed by atoms with E-state index >= 15 is 0 Å². The predicted octanol–water partition coefficient (Wildman–Crippen LogP) is 2.74. The first-order chi connectivity index (χ1) is 9.92. The van der Waals surface area contributed by atoms with E-state index in [-0.39, 0.29) is 5.54 Å². The van der Waals surface area contributed by atoms with Gasteiger partial charge in [-0.25, -0.2) is 14.6 Å². The van der Waals surface area contributed by atoms with Crippen LogP contribution in [0, 0.1) is 6.92 Å². The highest BCUT2D eigenvalue weighted by atomic mass is 15.3. The van der Waals surface area contributed by atoms with Crippen molar-refractivity contribution >= 4 is 0 Å². The molecule has 0 saturated heterocycles. The Morgan fingerprint density at radius 2 is 2.10 bits per heavy atom. The standard InChI is InChI=1S/C16H23N5/c1-11-13(10-18-16(2,3)4)9-17-15(19-11)21-8-7-14(20-21)12-5-6-12/h7-9,12,18H,5-6,10H2,1-4H3. The summed E-state index contributed by atoms with van der Waals surface area (Å²) in [6, 6.07) is 2.07. The molecule has 0 radical (unpaired) electrons. The molecule has 2 heterocycles. The van der Waals surface area contributed by atoms with Crippen molar-refractivity contribution in [2.45, 2.75) is 58.5 Å². The number of rotatable bonds is 4. The van der Waals surface area contributed by atoms with Gasteiger partial charge in [-0.1, -0.05) is 0 Å². The summed E-state index contributed by atoms with van der Waals surface area (Å²) in [6.07, 6.45) is 6.37. The van der Waals surface area contributed by atoms with Crippen molar-refractivity contribution in [3.8, 4) is 5.95 Å². The van der Waals surface area contributed by atoms with Crippen LogP contribution < -0.4 is 5.32 Å². The zero-order valence-corrected chi connectivity index (χ0v) is 13.2. The molecule has 1 aliphatic carbocycles. The smallest absolute Gasteiger partial charge is 0.250 e. The van der Waals surface area contributed by atoms with Crippen LogP contribution in [0.3, 0.4) is 0 Å². The molecule has 0 bridgehead atoms. The largest absolute Gasteiger partial charge is 0.308 e. The van der Waals surface area contributed by atoms with Gasteiger partial charge in [0.05, 0.1) is 5.69 Å². The Kier molecular flexibility index (Phi) is 3.53. The fraction of sp³-hybridized carbons (Fsp3) is 0.562. The second kappa shape index (κ2) is 5.22. The van der Waals surface area contributed by atoms with Crippen molar-refractivity contribution in [1.29, 1.82) is 0 Å². The average molecular weight is 285 g/mol. The molecule has 0 spiro atoms. The Morgan fingerprint density at radius 1 is 1.33 bits per heavy atom. The molecule has 0 aromatic carbocycles. The molecule has 3 rings (SSSR count). The third-order valence-electron chi connectivity index (χ3n) is 3.69. The summed E-state index contributed by atoms with van der Waals surface area (Å²) in [5, 5.41) is 8.04. The lowest BCUT2D eigenvalue weighted by molar-refractivity contribution is 0.423. The molecule has 112 valence electrons. The van der Waals surface area contributed by atoms with Crippen LogP contribution in [-0.2, 0) is 6.54 Å². The van der Waals surface area contributed by atoms with Crippen LogP contribution in [0.4, 0.5) is 0 Å². The van der Waals surface area contributed by atoms with Gasteiger partial charge in [0.2, 0.25) is 0 Å². The third kappa shape index (κ3) is 3.47. The summed E-state index contributed by atoms with van der Waals surface area (Å²) in [6.45, 7) is 9.26. The van der Waals surface area contributed by atoms with Gasteiger partial charge in [-0.05, 0) is 46.6 Å². The Labute approximate surface area is 125 Å². The normalized spacial score (nSPS) is 15.4. The number of nitrogens with zero attached hydrogens (tertiary/aromatic N) is 4. The van der Waals surface area contributed by atoms with Crippen LogP contribution >= 0.6 is 0 Å². The van der Waals surface area contributed by atoms with Gasteiger partial charge in [0.25, 0.3) is 5.95 Å². The Hall–Kier alpha value is -1.75. The lowest BCUT2D eigenvalue weighted by atomic mass is 10.1. The second-order valence-electron chi connectivity index (χ2n) is 6.84. The van der Waals surface area contributed by atoms with Gasteiger partial charge in [-0.15, -0.1) is 0 Å². The lowest BCUT2D eigenvalue weighted by Gasteiger charge is -2.21. The van der Waals surface area contributed by atoms with E-state index < -0.39 is 0 Å². The third-order valence-corrected chi connectivity index (χ3v) is 3.69. The summed E-state index contributed by atoms with van der Waals surface area (Å²) < 4.78 is 1.78. The second-order valence-corrected chi connectivity index (χ2v) is 6.84. The molecule has 1 aliphatic rings. The number of nitrogens with one attached hydrogen (secondary N) is 1. The summed E-state index contributed by atoms with van der Waals surface area (Å²) >= 11 is 0. The molecule has 1 fully saturated rings. The van der Waals surface area contributed by atoms with Gasteiger partial charge in [0, 0.05) is 41.7 Å². The van der Waals surface area contributed by atoms with Crippen LogP contribution in [-0.4, -0.2) is 25.3 Å². The van der Waals surface area contributed by atoms with E-state index in [1.165, 1.54) is 12.8 Å². The molecule has 2 aromatic rings. The summed E-state index contributed by atoms with van der Waals surface area (Å²) in [7, 11) is 0. The van der Waals surface area contributed by atoms with E-state index in [0.29, 0.717) is 11.9 Å². The molecule has 0 aliphatic heterocycles. The van der Waals surface area contributed by atoms with E-state index in [1.807, 2.05) is 19.3 Å². The number of hydrogen-bond donors (Lipinski definition) is 1. The molecule has 5 nitrogen and oxygen atoms in total. The van der Waals surface area contributed by atoms with Crippen molar-refractivity contribution in [3.63, 3.8) is 0 Å². The minimum Gasteiger partial charge on any atom is -0.308 e. The topological polar surface area (TPSA) is 55.6 Å². The van der Waals surface area contributed by atoms with E-state index in [4.69, 9.17) is 0 Å². The fourth-order valence-electron chi connectivity index (χ4n) is 2.17. The number of hydrogen-bond acceptors (Lipinski definition) is 4. The predicted molar refractivity (Wildman–Crippen MR) is 82.5 cm³/mol. The molecule has 2 aromatic heterocycles. The number of aryl methyl sites for hydroxylation is 1. The van der Waals surface area contributed by atoms with Gasteiger partial charge in [-0.2, -0.15) is 5.10 Å². The molecule has 0 amide bonds. The quantitative estimate of drug-likeness (QED) is 0.938. The summed E-state index contributed by atoms with van der Waals surface area (Å²) in [5.74, 6) is 1.31. The van der Waals surface area contributed by atoms with Crippen LogP contribution in [0.25, 0.3) is 5.95 Å². The van der Waals surface area contributed by atoms with Crippen molar-refractivity contribution in [2.24, 2.45) is 0 Å². The maximum absolute atomic E-state index is 4.59. The molecule has 0 unspecified atom stereocenters. The molecule has 21 heavy (non-hydrogen) atoms. The van der Waals surface area contributed by atoms with Gasteiger partial charge >= 0.3 is 0 Å². The maximum atomic E-state index is 4.59. The lowest BCUT2D eigenvalue weighted by Crippen LogP contribution is -2.35. The SMILES string of the molecule is Cc1nc(-n2ccc(C3CC3)n2)ncc1CNC(C)(C)C. The Bertz CT molecular complexity index is 634. The van der Waals surface area contributed by atoms with Gasteiger partial charge in [0.1, 0.15) is 0 Å². The minimum absolute atomic E-state index is 0.0895. The first-order valence-electron chi connectivity index (χ1n) is 7.56. The highest BCUT2D eigenvalue weighted by molar-refractivity contribution is 5.23. The monoisotopic (exact) mass is 285 g/mol. The Morgan fingerprint density at radius 3 is 2.71 bits per heavy atom. The molecule has 0 atom stereocenters. The Balaban J connectivity index is 1.76. The maximum Gasteiger partial charge on any atom is 0.250 e. The average Bonchev–Trinajstić information content (AvgIpc) is 3.14. The van der Waals surface area contributed by atoms with Gasteiger partial charge in [0.15, 0.2) is 0 Å². The summed E-state index contributed by atoms with van der Waals surface area (Å²) in [4.78, 5) is 9.04. The van der Waals surface area contributed by atoms with Crippen molar-refractivity contribution in [3.05, 3.63) is 35.4 Å². The van der Waals surface area contributed by atoms with Gasteiger partial charge < -0.3 is 5.32 Å². The van der Waals surface area contributed by atoms with E-state index in [0.717, 1.165) is 23.5 Å². The van der Waals surface area contributed by atoms with E-state index in [2.05, 4.69) is 47.2 Å². The molecule has 1 N–H and O–H groups in total. The first-order valence-corrected chi connectivity index (χ1v) is 7.56.